The molecule has 0 aromatic heterocycles. The minimum absolute atomic E-state index is 0.0831. The normalized spacial score (nSPS) is 13.8. The summed E-state index contributed by atoms with van der Waals surface area (Å²) in [4.78, 5) is 10.9. The van der Waals surface area contributed by atoms with Crippen molar-refractivity contribution in [2.45, 2.75) is 26.4 Å². The summed E-state index contributed by atoms with van der Waals surface area (Å²) in [6.07, 6.45) is -0.686. The molecule has 5 heteroatoms. The van der Waals surface area contributed by atoms with E-state index in [0.717, 1.165) is 0 Å². The smallest absolute Gasteiger partial charge is 0.334 e. The van der Waals surface area contributed by atoms with Gasteiger partial charge in [-0.15, -0.1) is 0 Å². The van der Waals surface area contributed by atoms with Crippen molar-refractivity contribution in [2.24, 2.45) is 5.41 Å². The third kappa shape index (κ3) is 3.61. The lowest BCUT2D eigenvalue weighted by atomic mass is 9.88. The highest BCUT2D eigenvalue weighted by atomic mass is 16.5. The van der Waals surface area contributed by atoms with Gasteiger partial charge in [-0.3, -0.25) is 0 Å². The Hall–Kier alpha value is -0.650. The number of ether oxygens (including phenoxy) is 1. The number of aliphatic hydroxyl groups excluding tert-OH is 3. The SMILES string of the molecule is CCC(CO)(CO)COC(=O)C(C)O. The van der Waals surface area contributed by atoms with Crippen molar-refractivity contribution >= 4 is 5.97 Å². The molecule has 0 fully saturated rings. The number of carbonyl (C=O) groups is 1. The van der Waals surface area contributed by atoms with Gasteiger partial charge in [-0.25, -0.2) is 4.79 Å². The number of carbonyl (C=O) groups excluding carboxylic acids is 1. The van der Waals surface area contributed by atoms with E-state index in [0.29, 0.717) is 6.42 Å². The average molecular weight is 206 g/mol. The highest BCUT2D eigenvalue weighted by Crippen LogP contribution is 2.20. The Morgan fingerprint density at radius 2 is 1.93 bits per heavy atom. The number of hydrogen-bond acceptors (Lipinski definition) is 5. The molecular weight excluding hydrogens is 188 g/mol. The maximum absolute atomic E-state index is 10.9. The minimum Gasteiger partial charge on any atom is -0.463 e. The highest BCUT2D eigenvalue weighted by Gasteiger charge is 2.29. The van der Waals surface area contributed by atoms with E-state index in [-0.39, 0.29) is 19.8 Å². The Morgan fingerprint density at radius 3 is 2.21 bits per heavy atom. The Kier molecular flexibility index (Phi) is 5.68. The molecule has 0 spiro atoms. The van der Waals surface area contributed by atoms with Gasteiger partial charge in [0.15, 0.2) is 0 Å². The number of hydrogen-bond donors (Lipinski definition) is 3. The van der Waals surface area contributed by atoms with Gasteiger partial charge in [0.05, 0.1) is 18.6 Å². The number of aliphatic hydroxyl groups is 3. The molecule has 14 heavy (non-hydrogen) atoms. The van der Waals surface area contributed by atoms with Crippen LogP contribution in [0.15, 0.2) is 0 Å². The van der Waals surface area contributed by atoms with E-state index >= 15 is 0 Å². The van der Waals surface area contributed by atoms with Crippen LogP contribution < -0.4 is 0 Å². The second-order valence-corrected chi connectivity index (χ2v) is 3.45. The van der Waals surface area contributed by atoms with Crippen LogP contribution in [0.4, 0.5) is 0 Å². The Morgan fingerprint density at radius 1 is 1.43 bits per heavy atom. The average Bonchev–Trinajstić information content (AvgIpc) is 2.20. The third-order valence-corrected chi connectivity index (χ3v) is 2.28. The third-order valence-electron chi connectivity index (χ3n) is 2.28. The van der Waals surface area contributed by atoms with Crippen molar-refractivity contribution in [2.75, 3.05) is 19.8 Å². The molecule has 0 amide bonds. The van der Waals surface area contributed by atoms with E-state index < -0.39 is 17.5 Å². The van der Waals surface area contributed by atoms with Crippen molar-refractivity contribution < 1.29 is 24.9 Å². The predicted octanol–water partition coefficient (Wildman–Crippen LogP) is -0.709. The van der Waals surface area contributed by atoms with Gasteiger partial charge in [0.25, 0.3) is 0 Å². The summed E-state index contributed by atoms with van der Waals surface area (Å²) in [7, 11) is 0. The van der Waals surface area contributed by atoms with Crippen LogP contribution in [0.2, 0.25) is 0 Å². The number of esters is 1. The van der Waals surface area contributed by atoms with Gasteiger partial charge in [-0.2, -0.15) is 0 Å². The van der Waals surface area contributed by atoms with Crippen LogP contribution in [-0.2, 0) is 9.53 Å². The zero-order valence-corrected chi connectivity index (χ0v) is 8.56. The zero-order chi connectivity index (χ0) is 11.2. The molecule has 84 valence electrons. The first kappa shape index (κ1) is 13.4. The van der Waals surface area contributed by atoms with Crippen LogP contribution in [0.25, 0.3) is 0 Å². The standard InChI is InChI=1S/C9H18O5/c1-3-9(4-10,5-11)6-14-8(13)7(2)12/h7,10-12H,3-6H2,1-2H3. The van der Waals surface area contributed by atoms with Crippen molar-refractivity contribution in [1.82, 2.24) is 0 Å². The minimum atomic E-state index is -1.18. The lowest BCUT2D eigenvalue weighted by molar-refractivity contribution is -0.158. The van der Waals surface area contributed by atoms with Crippen LogP contribution in [-0.4, -0.2) is 47.2 Å². The summed E-state index contributed by atoms with van der Waals surface area (Å²) in [5, 5.41) is 26.9. The van der Waals surface area contributed by atoms with Gasteiger partial charge in [0.1, 0.15) is 12.7 Å². The molecule has 0 radical (unpaired) electrons. The molecule has 0 aromatic rings. The van der Waals surface area contributed by atoms with Gasteiger partial charge in [0.2, 0.25) is 0 Å². The van der Waals surface area contributed by atoms with Crippen LogP contribution in [0.3, 0.4) is 0 Å². The van der Waals surface area contributed by atoms with E-state index in [2.05, 4.69) is 0 Å². The summed E-state index contributed by atoms with van der Waals surface area (Å²) in [6, 6.07) is 0. The molecule has 0 aliphatic heterocycles. The van der Waals surface area contributed by atoms with Crippen molar-refractivity contribution in [3.05, 3.63) is 0 Å². The molecular formula is C9H18O5. The molecule has 0 saturated heterocycles. The van der Waals surface area contributed by atoms with Crippen LogP contribution in [0.5, 0.6) is 0 Å². The summed E-state index contributed by atoms with van der Waals surface area (Å²) in [5.74, 6) is -0.746. The fourth-order valence-electron chi connectivity index (χ4n) is 0.812. The van der Waals surface area contributed by atoms with E-state index in [1.54, 1.807) is 6.92 Å². The first-order valence-corrected chi connectivity index (χ1v) is 4.57. The molecule has 0 bridgehead atoms. The molecule has 5 nitrogen and oxygen atoms in total. The lowest BCUT2D eigenvalue weighted by Crippen LogP contribution is -2.36. The largest absolute Gasteiger partial charge is 0.463 e. The van der Waals surface area contributed by atoms with Gasteiger partial charge < -0.3 is 20.1 Å². The van der Waals surface area contributed by atoms with E-state index in [1.165, 1.54) is 6.92 Å². The summed E-state index contributed by atoms with van der Waals surface area (Å²) in [5.41, 5.74) is -0.801. The molecule has 0 saturated carbocycles. The first-order valence-electron chi connectivity index (χ1n) is 4.57. The fraction of sp³-hybridized carbons (Fsp3) is 0.889. The molecule has 0 aromatic carbocycles. The van der Waals surface area contributed by atoms with E-state index in [4.69, 9.17) is 20.1 Å². The second-order valence-electron chi connectivity index (χ2n) is 3.45. The monoisotopic (exact) mass is 206 g/mol. The van der Waals surface area contributed by atoms with Crippen LogP contribution in [0, 0.1) is 5.41 Å². The lowest BCUT2D eigenvalue weighted by Gasteiger charge is -2.27. The van der Waals surface area contributed by atoms with Crippen molar-refractivity contribution in [3.63, 3.8) is 0 Å². The summed E-state index contributed by atoms with van der Waals surface area (Å²) >= 11 is 0. The van der Waals surface area contributed by atoms with E-state index in [9.17, 15) is 4.79 Å². The highest BCUT2D eigenvalue weighted by molar-refractivity contribution is 5.73. The molecule has 3 N–H and O–H groups in total. The van der Waals surface area contributed by atoms with Crippen LogP contribution in [0.1, 0.15) is 20.3 Å². The Bertz CT molecular complexity index is 166. The molecule has 0 heterocycles. The molecule has 0 aliphatic rings. The van der Waals surface area contributed by atoms with Gasteiger partial charge >= 0.3 is 5.97 Å². The fourth-order valence-corrected chi connectivity index (χ4v) is 0.812. The molecule has 1 atom stereocenters. The van der Waals surface area contributed by atoms with E-state index in [1.807, 2.05) is 0 Å². The Balaban J connectivity index is 4.12. The van der Waals surface area contributed by atoms with Crippen LogP contribution >= 0.6 is 0 Å². The molecule has 1 unspecified atom stereocenters. The van der Waals surface area contributed by atoms with Gasteiger partial charge in [-0.05, 0) is 13.3 Å². The van der Waals surface area contributed by atoms with Crippen molar-refractivity contribution in [1.29, 1.82) is 0 Å². The maximum Gasteiger partial charge on any atom is 0.334 e. The van der Waals surface area contributed by atoms with Crippen molar-refractivity contribution in [3.8, 4) is 0 Å². The zero-order valence-electron chi connectivity index (χ0n) is 8.56. The topological polar surface area (TPSA) is 87.0 Å². The maximum atomic E-state index is 10.9. The first-order chi connectivity index (χ1) is 6.51. The second kappa shape index (κ2) is 5.95. The predicted molar refractivity (Wildman–Crippen MR) is 49.5 cm³/mol. The molecule has 0 rings (SSSR count). The molecule has 0 aliphatic carbocycles. The quantitative estimate of drug-likeness (QED) is 0.500. The van der Waals surface area contributed by atoms with Gasteiger partial charge in [-0.1, -0.05) is 6.92 Å². The Labute approximate surface area is 83.3 Å². The summed E-state index contributed by atoms with van der Waals surface area (Å²) < 4.78 is 4.73. The van der Waals surface area contributed by atoms with Gasteiger partial charge in [0, 0.05) is 0 Å². The number of rotatable bonds is 6. The summed E-state index contributed by atoms with van der Waals surface area (Å²) in [6.45, 7) is 2.48.